The highest BCUT2D eigenvalue weighted by Gasteiger charge is 2.35. The van der Waals surface area contributed by atoms with Gasteiger partial charge in [0.1, 0.15) is 30.2 Å². The third-order valence-corrected chi connectivity index (χ3v) is 10.7. The molecular formula is C40H60ClN6O9P. The van der Waals surface area contributed by atoms with Crippen LogP contribution in [0.15, 0.2) is 36.7 Å². The second-order valence-electron chi connectivity index (χ2n) is 14.2. The second kappa shape index (κ2) is 27.4. The van der Waals surface area contributed by atoms with Gasteiger partial charge >= 0.3 is 7.82 Å². The van der Waals surface area contributed by atoms with Crippen molar-refractivity contribution in [1.29, 1.82) is 10.5 Å². The Hall–Kier alpha value is -3.34. The lowest BCUT2D eigenvalue weighted by Crippen LogP contribution is -2.37. The molecule has 17 heteroatoms. The molecule has 0 radical (unpaired) electrons. The normalized spacial score (nSPS) is 14.7. The molecule has 57 heavy (non-hydrogen) atoms. The summed E-state index contributed by atoms with van der Waals surface area (Å²) < 4.78 is 41.2. The van der Waals surface area contributed by atoms with E-state index in [4.69, 9.17) is 40.6 Å². The van der Waals surface area contributed by atoms with Crippen molar-refractivity contribution in [2.24, 2.45) is 0 Å². The van der Waals surface area contributed by atoms with Crippen LogP contribution in [0, 0.1) is 22.8 Å². The van der Waals surface area contributed by atoms with E-state index >= 15 is 0 Å². The number of hydrogen-bond donors (Lipinski definition) is 4. The zero-order valence-electron chi connectivity index (χ0n) is 33.1. The number of aliphatic hydroxyl groups excluding tert-OH is 2. The predicted octanol–water partition coefficient (Wildman–Crippen LogP) is 8.09. The summed E-state index contributed by atoms with van der Waals surface area (Å²) >= 11 is 6.15. The number of hydrogen-bond acceptors (Lipinski definition) is 13. The summed E-state index contributed by atoms with van der Waals surface area (Å²) in [7, 11) is -4.82. The summed E-state index contributed by atoms with van der Waals surface area (Å²) in [6.45, 7) is 1.53. The maximum absolute atomic E-state index is 12.9. The van der Waals surface area contributed by atoms with Crippen molar-refractivity contribution in [3.05, 3.63) is 58.5 Å². The Morgan fingerprint density at radius 3 is 2.11 bits per heavy atom. The standard InChI is InChI=1S/C40H60ClN6O9P/c1-2-3-4-5-6-7-8-9-10-11-12-13-14-15-16-17-20-52-26-34(53-25-32-21-31(24-42)22-33(41)23-32)27-55-57(50,51)56-28-37(54-29-43)39(49)38(48)35-18-19-36-40(44)45-30-46-47(35)36/h18-19,21-23,30,34,37-39,48-49H,2-17,20,25-28H2,1H3,(H,50,51)(H2,44,45,46)/t34-,37-,38+,39-/m1/s1. The predicted molar refractivity (Wildman–Crippen MR) is 216 cm³/mol. The first kappa shape index (κ1) is 48.0. The molecule has 1 aromatic carbocycles. The Labute approximate surface area is 341 Å². The fourth-order valence-corrected chi connectivity index (χ4v) is 7.37. The van der Waals surface area contributed by atoms with Gasteiger partial charge < -0.3 is 35.1 Å². The monoisotopic (exact) mass is 834 g/mol. The number of anilines is 1. The zero-order chi connectivity index (χ0) is 41.3. The quantitative estimate of drug-likeness (QED) is 0.0265. The number of fused-ring (bicyclic) bond motifs is 1. The first-order valence-corrected chi connectivity index (χ1v) is 22.0. The summed E-state index contributed by atoms with van der Waals surface area (Å²) in [4.78, 5) is 14.4. The number of nitrogen functional groups attached to an aromatic ring is 1. The molecule has 2 aromatic heterocycles. The van der Waals surface area contributed by atoms with E-state index in [1.165, 1.54) is 119 Å². The molecule has 1 unspecified atom stereocenters. The van der Waals surface area contributed by atoms with Gasteiger partial charge in [-0.15, -0.1) is 0 Å². The van der Waals surface area contributed by atoms with Crippen LogP contribution in [0.5, 0.6) is 0 Å². The van der Waals surface area contributed by atoms with Crippen LogP contribution < -0.4 is 5.73 Å². The van der Waals surface area contributed by atoms with E-state index in [-0.39, 0.29) is 24.7 Å². The van der Waals surface area contributed by atoms with Gasteiger partial charge in [0, 0.05) is 11.6 Å². The molecule has 2 heterocycles. The molecule has 0 spiro atoms. The fraction of sp³-hybridized carbons (Fsp3) is 0.650. The summed E-state index contributed by atoms with van der Waals surface area (Å²) in [6.07, 6.45) is 16.9. The number of nitriles is 2. The molecule has 0 aliphatic carbocycles. The molecule has 15 nitrogen and oxygen atoms in total. The first-order chi connectivity index (χ1) is 27.6. The molecule has 316 valence electrons. The molecule has 0 aliphatic rings. The number of ether oxygens (including phenoxy) is 3. The van der Waals surface area contributed by atoms with E-state index in [2.05, 4.69) is 17.0 Å². The third-order valence-electron chi connectivity index (χ3n) is 9.57. The number of aromatic nitrogens is 3. The molecule has 5 N–H and O–H groups in total. The van der Waals surface area contributed by atoms with E-state index < -0.39 is 45.5 Å². The minimum Gasteiger partial charge on any atom is -0.419 e. The number of unbranched alkanes of at least 4 members (excludes halogenated alkanes) is 15. The van der Waals surface area contributed by atoms with Crippen LogP contribution in [-0.2, 0) is 34.4 Å². The molecule has 0 amide bonds. The Morgan fingerprint density at radius 1 is 0.877 bits per heavy atom. The van der Waals surface area contributed by atoms with E-state index in [0.717, 1.165) is 19.3 Å². The van der Waals surface area contributed by atoms with Gasteiger partial charge in [0.2, 0.25) is 0 Å². The van der Waals surface area contributed by atoms with E-state index in [1.807, 2.05) is 6.07 Å². The average Bonchev–Trinajstić information content (AvgIpc) is 3.64. The highest BCUT2D eigenvalue weighted by molar-refractivity contribution is 7.47. The van der Waals surface area contributed by atoms with E-state index in [1.54, 1.807) is 12.1 Å². The van der Waals surface area contributed by atoms with Gasteiger partial charge in [-0.1, -0.05) is 115 Å². The zero-order valence-corrected chi connectivity index (χ0v) is 34.7. The van der Waals surface area contributed by atoms with Crippen LogP contribution in [0.2, 0.25) is 5.02 Å². The van der Waals surface area contributed by atoms with Crippen molar-refractivity contribution in [3.63, 3.8) is 0 Å². The van der Waals surface area contributed by atoms with E-state index in [9.17, 15) is 30.2 Å². The molecule has 0 bridgehead atoms. The first-order valence-electron chi connectivity index (χ1n) is 20.1. The minimum atomic E-state index is -4.82. The Kier molecular flexibility index (Phi) is 23.1. The molecule has 0 aliphatic heterocycles. The van der Waals surface area contributed by atoms with Crippen molar-refractivity contribution in [3.8, 4) is 12.3 Å². The topological polar surface area (TPSA) is 228 Å². The SMILES string of the molecule is CCCCCCCCCCCCCCCCCCOC[C@H](COP(=O)(O)OC[C@@H](OC#N)[C@@H](O)[C@@H](O)c1ccc2c(N)ncnn12)OCc1cc(Cl)cc(C#N)c1. The number of benzene rings is 1. The van der Waals surface area contributed by atoms with Gasteiger partial charge in [-0.2, -0.15) is 15.6 Å². The maximum atomic E-state index is 12.9. The summed E-state index contributed by atoms with van der Waals surface area (Å²) in [6, 6.07) is 9.81. The summed E-state index contributed by atoms with van der Waals surface area (Å²) in [5.74, 6) is 0.136. The van der Waals surface area contributed by atoms with Gasteiger partial charge in [-0.25, -0.2) is 14.1 Å². The Balaban J connectivity index is 1.42. The maximum Gasteiger partial charge on any atom is 0.472 e. The highest BCUT2D eigenvalue weighted by Crippen LogP contribution is 2.44. The molecule has 3 aromatic rings. The highest BCUT2D eigenvalue weighted by atomic mass is 35.5. The van der Waals surface area contributed by atoms with Gasteiger partial charge in [0.25, 0.3) is 6.26 Å². The number of rotatable bonds is 32. The van der Waals surface area contributed by atoms with Crippen LogP contribution in [0.4, 0.5) is 5.82 Å². The van der Waals surface area contributed by atoms with Gasteiger partial charge in [0.15, 0.2) is 11.9 Å². The molecule has 0 saturated carbocycles. The molecule has 0 fully saturated rings. The number of nitrogens with two attached hydrogens (primary N) is 1. The summed E-state index contributed by atoms with van der Waals surface area (Å²) in [5.41, 5.74) is 7.28. The third kappa shape index (κ3) is 18.4. The average molecular weight is 835 g/mol. The van der Waals surface area contributed by atoms with Crippen LogP contribution in [0.1, 0.15) is 133 Å². The number of aliphatic hydroxyl groups is 2. The molecule has 5 atom stereocenters. The van der Waals surface area contributed by atoms with E-state index in [0.29, 0.717) is 28.3 Å². The van der Waals surface area contributed by atoms with Gasteiger partial charge in [-0.3, -0.25) is 9.05 Å². The smallest absolute Gasteiger partial charge is 0.419 e. The second-order valence-corrected chi connectivity index (χ2v) is 16.1. The number of nitrogens with zero attached hydrogens (tertiary/aromatic N) is 5. The van der Waals surface area contributed by atoms with Crippen molar-refractivity contribution in [1.82, 2.24) is 14.6 Å². The van der Waals surface area contributed by atoms with Crippen molar-refractivity contribution < 1.29 is 42.9 Å². The number of phosphoric acid groups is 1. The van der Waals surface area contributed by atoms with Gasteiger partial charge in [-0.05, 0) is 42.3 Å². The lowest BCUT2D eigenvalue weighted by Gasteiger charge is -2.25. The Morgan fingerprint density at radius 2 is 1.49 bits per heavy atom. The summed E-state index contributed by atoms with van der Waals surface area (Å²) in [5, 5.41) is 44.6. The molecule has 0 saturated heterocycles. The number of halogens is 1. The van der Waals surface area contributed by atoms with Crippen molar-refractivity contribution in [2.75, 3.05) is 32.2 Å². The largest absolute Gasteiger partial charge is 0.472 e. The minimum absolute atomic E-state index is 0.00934. The molecule has 3 rings (SSSR count). The number of phosphoric ester groups is 1. The van der Waals surface area contributed by atoms with Gasteiger partial charge in [0.05, 0.1) is 43.8 Å². The van der Waals surface area contributed by atoms with Crippen LogP contribution in [0.25, 0.3) is 5.52 Å². The van der Waals surface area contributed by atoms with Crippen LogP contribution >= 0.6 is 19.4 Å². The van der Waals surface area contributed by atoms with Crippen molar-refractivity contribution >= 4 is 30.8 Å². The fourth-order valence-electron chi connectivity index (χ4n) is 6.35. The van der Waals surface area contributed by atoms with Crippen LogP contribution in [0.3, 0.4) is 0 Å². The van der Waals surface area contributed by atoms with Crippen molar-refractivity contribution in [2.45, 2.75) is 141 Å². The van der Waals surface area contributed by atoms with Crippen LogP contribution in [-0.4, -0.2) is 74.4 Å². The lowest BCUT2D eigenvalue weighted by molar-refractivity contribution is -0.0821. The molecular weight excluding hydrogens is 775 g/mol. The lowest BCUT2D eigenvalue weighted by atomic mass is 10.0. The Bertz CT molecular complexity index is 1720.